The normalized spacial score (nSPS) is 17.8. The maximum absolute atomic E-state index is 12.9. The zero-order chi connectivity index (χ0) is 23.1. The Hall–Kier alpha value is -3.45. The second-order valence-corrected chi connectivity index (χ2v) is 8.81. The van der Waals surface area contributed by atoms with Gasteiger partial charge in [-0.15, -0.1) is 0 Å². The number of nitrogens with zero attached hydrogens (tertiary/aromatic N) is 3. The Kier molecular flexibility index (Phi) is 5.38. The number of nitrogens with one attached hydrogen (secondary N) is 1. The molecule has 0 saturated heterocycles. The zero-order valence-electron chi connectivity index (χ0n) is 15.7. The van der Waals surface area contributed by atoms with Gasteiger partial charge >= 0.3 is 16.3 Å². The molecule has 2 heterocycles. The summed E-state index contributed by atoms with van der Waals surface area (Å²) in [5.41, 5.74) is -0.277. The second kappa shape index (κ2) is 7.91. The van der Waals surface area contributed by atoms with E-state index in [1.165, 1.54) is 48.5 Å². The van der Waals surface area contributed by atoms with Gasteiger partial charge in [0.05, 0.1) is 5.57 Å². The first-order chi connectivity index (χ1) is 15.1. The van der Waals surface area contributed by atoms with Gasteiger partial charge in [-0.1, -0.05) is 36.4 Å². The summed E-state index contributed by atoms with van der Waals surface area (Å²) in [4.78, 5) is 15.9. The lowest BCUT2D eigenvalue weighted by Gasteiger charge is -2.20. The van der Waals surface area contributed by atoms with Gasteiger partial charge in [0.25, 0.3) is 5.91 Å². The maximum Gasteiger partial charge on any atom is 0.441 e. The lowest BCUT2D eigenvalue weighted by atomic mass is 10.1. The summed E-state index contributed by atoms with van der Waals surface area (Å²) in [7, 11) is -4.20. The first-order valence-electron chi connectivity index (χ1n) is 8.72. The van der Waals surface area contributed by atoms with Crippen LogP contribution in [0, 0.1) is 5.41 Å². The zero-order valence-corrected chi connectivity index (χ0v) is 17.3. The van der Waals surface area contributed by atoms with Gasteiger partial charge in [-0.25, -0.2) is 0 Å². The number of benzene rings is 2. The highest BCUT2D eigenvalue weighted by Crippen LogP contribution is 2.35. The van der Waals surface area contributed by atoms with Crippen LogP contribution in [0.25, 0.3) is 6.08 Å². The number of rotatable bonds is 4. The van der Waals surface area contributed by atoms with Crippen LogP contribution in [0.2, 0.25) is 0 Å². The standard InChI is InChI=1S/C19H11F3N4O4S2/c20-19(21,22)17-25-26-15(23)13(16(27)24-18(26)31-17)10-11-6-4-5-9-14(11)30-32(28,29)12-7-2-1-3-8-12/h1-10,23H/b13-10-,23-15?. The molecule has 8 nitrogen and oxygen atoms in total. The SMILES string of the molecule is N=C1/C(=C/c2ccccc2OS(=O)(=O)c2ccccc2)C(=O)N=C2SC(C(F)(F)F)=NN12. The van der Waals surface area contributed by atoms with Gasteiger partial charge in [0.2, 0.25) is 10.2 Å². The monoisotopic (exact) mass is 480 g/mol. The third-order valence-corrected chi connectivity index (χ3v) is 6.35. The van der Waals surface area contributed by atoms with Gasteiger partial charge in [-0.2, -0.15) is 36.7 Å². The van der Waals surface area contributed by atoms with Crippen molar-refractivity contribution in [3.63, 3.8) is 0 Å². The number of hydrogen-bond donors (Lipinski definition) is 1. The first kappa shape index (κ1) is 21.8. The molecule has 0 aromatic heterocycles. The van der Waals surface area contributed by atoms with Crippen LogP contribution < -0.4 is 4.18 Å². The van der Waals surface area contributed by atoms with Gasteiger partial charge in [0.1, 0.15) is 10.6 Å². The van der Waals surface area contributed by atoms with E-state index in [2.05, 4.69) is 10.1 Å². The van der Waals surface area contributed by atoms with Crippen LogP contribution >= 0.6 is 11.8 Å². The van der Waals surface area contributed by atoms with E-state index in [-0.39, 0.29) is 38.7 Å². The number of halogens is 3. The molecule has 2 aromatic rings. The van der Waals surface area contributed by atoms with Crippen LogP contribution in [0.3, 0.4) is 0 Å². The van der Waals surface area contributed by atoms with Gasteiger partial charge < -0.3 is 4.18 Å². The number of thioether (sulfide) groups is 1. The van der Waals surface area contributed by atoms with Crippen LogP contribution in [0.4, 0.5) is 13.2 Å². The molecule has 4 rings (SSSR count). The quantitative estimate of drug-likeness (QED) is 0.528. The molecule has 32 heavy (non-hydrogen) atoms. The Morgan fingerprint density at radius 2 is 1.72 bits per heavy atom. The number of fused-ring (bicyclic) bond motifs is 1. The highest BCUT2D eigenvalue weighted by Gasteiger charge is 2.46. The molecular formula is C19H11F3N4O4S2. The topological polar surface area (TPSA) is 112 Å². The van der Waals surface area contributed by atoms with Crippen molar-refractivity contribution < 1.29 is 30.6 Å². The van der Waals surface area contributed by atoms with E-state index in [1.807, 2.05) is 0 Å². The van der Waals surface area contributed by atoms with Crippen molar-refractivity contribution in [2.75, 3.05) is 0 Å². The summed E-state index contributed by atoms with van der Waals surface area (Å²) >= 11 is 0.134. The van der Waals surface area contributed by atoms with Gasteiger partial charge in [-0.05, 0) is 36.0 Å². The van der Waals surface area contributed by atoms with E-state index in [0.29, 0.717) is 5.01 Å². The molecule has 0 saturated carbocycles. The Labute approximate surface area is 183 Å². The van der Waals surface area contributed by atoms with Crippen LogP contribution in [-0.2, 0) is 14.9 Å². The minimum Gasteiger partial charge on any atom is -0.378 e. The molecule has 0 radical (unpaired) electrons. The van der Waals surface area contributed by atoms with Crippen molar-refractivity contribution in [3.8, 4) is 5.75 Å². The number of para-hydroxylation sites is 1. The Morgan fingerprint density at radius 1 is 1.06 bits per heavy atom. The Morgan fingerprint density at radius 3 is 2.41 bits per heavy atom. The number of alkyl halides is 3. The number of amidine groups is 2. The summed E-state index contributed by atoms with van der Waals surface area (Å²) in [5.74, 6) is -1.74. The fourth-order valence-corrected chi connectivity index (χ4v) is 4.42. The molecule has 1 N–H and O–H groups in total. The number of hydrogen-bond acceptors (Lipinski definition) is 7. The van der Waals surface area contributed by atoms with Crippen LogP contribution in [0.5, 0.6) is 5.75 Å². The molecule has 0 aliphatic carbocycles. The van der Waals surface area contributed by atoms with E-state index in [0.717, 1.165) is 6.08 Å². The third-order valence-electron chi connectivity index (χ3n) is 4.15. The fourth-order valence-electron chi connectivity index (χ4n) is 2.69. The molecule has 0 fully saturated rings. The van der Waals surface area contributed by atoms with E-state index in [4.69, 9.17) is 9.59 Å². The molecule has 13 heteroatoms. The lowest BCUT2D eigenvalue weighted by molar-refractivity contribution is -0.114. The largest absolute Gasteiger partial charge is 0.441 e. The molecule has 0 spiro atoms. The average molecular weight is 480 g/mol. The van der Waals surface area contributed by atoms with Gasteiger partial charge in [-0.3, -0.25) is 10.2 Å². The van der Waals surface area contributed by atoms with Crippen molar-refractivity contribution >= 4 is 49.9 Å². The Balaban J connectivity index is 1.69. The minimum absolute atomic E-state index is 0.0960. The number of hydrazone groups is 1. The van der Waals surface area contributed by atoms with Crippen molar-refractivity contribution in [2.45, 2.75) is 11.1 Å². The highest BCUT2D eigenvalue weighted by atomic mass is 32.2. The van der Waals surface area contributed by atoms with Gasteiger partial charge in [0.15, 0.2) is 5.84 Å². The van der Waals surface area contributed by atoms with Crippen LogP contribution in [-0.4, -0.2) is 41.6 Å². The molecule has 164 valence electrons. The number of amides is 1. The minimum atomic E-state index is -4.76. The maximum atomic E-state index is 12.9. The molecule has 0 atom stereocenters. The predicted octanol–water partition coefficient (Wildman–Crippen LogP) is 3.64. The molecular weight excluding hydrogens is 469 g/mol. The van der Waals surface area contributed by atoms with Gasteiger partial charge in [0, 0.05) is 5.56 Å². The molecule has 2 aromatic carbocycles. The van der Waals surface area contributed by atoms with Crippen molar-refractivity contribution in [3.05, 3.63) is 65.7 Å². The van der Waals surface area contributed by atoms with E-state index >= 15 is 0 Å². The lowest BCUT2D eigenvalue weighted by Crippen LogP contribution is -2.35. The summed E-state index contributed by atoms with van der Waals surface area (Å²) < 4.78 is 69.1. The van der Waals surface area contributed by atoms with Crippen molar-refractivity contribution in [2.24, 2.45) is 10.1 Å². The molecule has 2 aliphatic heterocycles. The van der Waals surface area contributed by atoms with Crippen LogP contribution in [0.15, 0.2) is 75.2 Å². The molecule has 0 bridgehead atoms. The predicted molar refractivity (Wildman–Crippen MR) is 112 cm³/mol. The summed E-state index contributed by atoms with van der Waals surface area (Å²) in [6.07, 6.45) is -3.64. The third kappa shape index (κ3) is 4.16. The second-order valence-electron chi connectivity index (χ2n) is 6.31. The average Bonchev–Trinajstić information content (AvgIpc) is 3.17. The number of carbonyl (C=O) groups excluding carboxylic acids is 1. The summed E-state index contributed by atoms with van der Waals surface area (Å²) in [6, 6.07) is 13.1. The fraction of sp³-hybridized carbons (Fsp3) is 0.0526. The summed E-state index contributed by atoms with van der Waals surface area (Å²) in [6.45, 7) is 0. The number of aliphatic imine (C=N–C) groups is 1. The highest BCUT2D eigenvalue weighted by molar-refractivity contribution is 8.27. The van der Waals surface area contributed by atoms with E-state index < -0.39 is 33.1 Å². The molecule has 0 unspecified atom stereocenters. The van der Waals surface area contributed by atoms with Crippen molar-refractivity contribution in [1.82, 2.24) is 5.01 Å². The van der Waals surface area contributed by atoms with Crippen molar-refractivity contribution in [1.29, 1.82) is 5.41 Å². The summed E-state index contributed by atoms with van der Waals surface area (Å²) in [5, 5.41) is 10.4. The molecule has 1 amide bonds. The van der Waals surface area contributed by atoms with E-state index in [9.17, 15) is 26.4 Å². The Bertz CT molecular complexity index is 1320. The smallest absolute Gasteiger partial charge is 0.378 e. The first-order valence-corrected chi connectivity index (χ1v) is 10.9. The van der Waals surface area contributed by atoms with Crippen LogP contribution in [0.1, 0.15) is 5.56 Å². The van der Waals surface area contributed by atoms with E-state index in [1.54, 1.807) is 6.07 Å². The number of carbonyl (C=O) groups is 1. The molecule has 2 aliphatic rings.